The van der Waals surface area contributed by atoms with Crippen molar-refractivity contribution in [1.29, 1.82) is 0 Å². The minimum absolute atomic E-state index is 0.0790. The van der Waals surface area contributed by atoms with E-state index >= 15 is 0 Å². The zero-order valence-corrected chi connectivity index (χ0v) is 11.2. The van der Waals surface area contributed by atoms with Crippen molar-refractivity contribution >= 4 is 11.8 Å². The molecule has 1 aromatic rings. The number of amides is 2. The maximum Gasteiger partial charge on any atom is 0.248 e. The minimum Gasteiger partial charge on any atom is -0.384 e. The van der Waals surface area contributed by atoms with Crippen molar-refractivity contribution < 1.29 is 18.8 Å². The number of carbonyl (C=O) groups excluding carboxylic acids is 2. The number of nitrogens with zero attached hydrogens (tertiary/aromatic N) is 2. The standard InChI is InChI=1S/C11H18N4O4/c1-7(13-10(17)6-12-8(2)16)11-14-9(15-19-11)4-5-18-3/h7H,4-6H2,1-3H3,(H,12,16)(H,13,17)/t7-/m1/s1. The molecule has 8 heteroatoms. The lowest BCUT2D eigenvalue weighted by atomic mass is 10.3. The van der Waals surface area contributed by atoms with E-state index in [0.717, 1.165) is 0 Å². The molecule has 0 saturated heterocycles. The van der Waals surface area contributed by atoms with Gasteiger partial charge in [-0.2, -0.15) is 4.98 Å². The zero-order valence-electron chi connectivity index (χ0n) is 11.2. The van der Waals surface area contributed by atoms with Crippen molar-refractivity contribution in [3.8, 4) is 0 Å². The molecule has 2 N–H and O–H groups in total. The molecule has 0 fully saturated rings. The van der Waals surface area contributed by atoms with Crippen LogP contribution in [0.3, 0.4) is 0 Å². The van der Waals surface area contributed by atoms with Crippen LogP contribution < -0.4 is 10.6 Å². The van der Waals surface area contributed by atoms with Gasteiger partial charge in [0.05, 0.1) is 13.2 Å². The topological polar surface area (TPSA) is 106 Å². The van der Waals surface area contributed by atoms with Gasteiger partial charge in [0.25, 0.3) is 0 Å². The number of nitrogens with one attached hydrogen (secondary N) is 2. The Bertz CT molecular complexity index is 432. The van der Waals surface area contributed by atoms with E-state index in [1.807, 2.05) is 0 Å². The number of hydrogen-bond acceptors (Lipinski definition) is 6. The number of aromatic nitrogens is 2. The zero-order chi connectivity index (χ0) is 14.3. The first kappa shape index (κ1) is 15.1. The Morgan fingerprint density at radius 1 is 1.47 bits per heavy atom. The molecule has 0 unspecified atom stereocenters. The molecule has 106 valence electrons. The second kappa shape index (κ2) is 7.47. The molecule has 0 aromatic carbocycles. The summed E-state index contributed by atoms with van der Waals surface area (Å²) in [5, 5.41) is 8.81. The van der Waals surface area contributed by atoms with Crippen LogP contribution in [0.1, 0.15) is 31.6 Å². The molecule has 1 aromatic heterocycles. The molecule has 2 amide bonds. The van der Waals surface area contributed by atoms with Gasteiger partial charge in [-0.3, -0.25) is 9.59 Å². The van der Waals surface area contributed by atoms with E-state index in [1.165, 1.54) is 6.92 Å². The lowest BCUT2D eigenvalue weighted by Crippen LogP contribution is -2.37. The molecule has 1 heterocycles. The summed E-state index contributed by atoms with van der Waals surface area (Å²) in [6, 6.07) is -0.412. The molecule has 1 atom stereocenters. The summed E-state index contributed by atoms with van der Waals surface area (Å²) in [5.41, 5.74) is 0. The maximum absolute atomic E-state index is 11.5. The van der Waals surface area contributed by atoms with E-state index in [-0.39, 0.29) is 18.4 Å². The van der Waals surface area contributed by atoms with Crippen LogP contribution in [0.4, 0.5) is 0 Å². The summed E-state index contributed by atoms with van der Waals surface area (Å²) < 4.78 is 9.93. The van der Waals surface area contributed by atoms with Gasteiger partial charge in [-0.1, -0.05) is 5.16 Å². The number of hydrogen-bond donors (Lipinski definition) is 2. The second-order valence-corrected chi connectivity index (χ2v) is 3.99. The third-order valence-electron chi connectivity index (χ3n) is 2.26. The number of methoxy groups -OCH3 is 1. The van der Waals surface area contributed by atoms with Crippen molar-refractivity contribution in [2.75, 3.05) is 20.3 Å². The van der Waals surface area contributed by atoms with Crippen molar-refractivity contribution in [2.24, 2.45) is 0 Å². The van der Waals surface area contributed by atoms with Crippen LogP contribution in [0.15, 0.2) is 4.52 Å². The summed E-state index contributed by atoms with van der Waals surface area (Å²) in [6.07, 6.45) is 0.548. The lowest BCUT2D eigenvalue weighted by Gasteiger charge is -2.09. The van der Waals surface area contributed by atoms with Crippen LogP contribution in [0.5, 0.6) is 0 Å². The minimum atomic E-state index is -0.412. The van der Waals surface area contributed by atoms with E-state index in [0.29, 0.717) is 24.7 Å². The van der Waals surface area contributed by atoms with Crippen molar-refractivity contribution in [1.82, 2.24) is 20.8 Å². The molecular formula is C11H18N4O4. The van der Waals surface area contributed by atoms with E-state index in [4.69, 9.17) is 9.26 Å². The Morgan fingerprint density at radius 3 is 2.84 bits per heavy atom. The lowest BCUT2D eigenvalue weighted by molar-refractivity contribution is -0.125. The highest BCUT2D eigenvalue weighted by atomic mass is 16.5. The molecule has 0 aliphatic heterocycles. The van der Waals surface area contributed by atoms with Gasteiger partial charge in [0, 0.05) is 20.5 Å². The molecule has 0 radical (unpaired) electrons. The Balaban J connectivity index is 2.44. The summed E-state index contributed by atoms with van der Waals surface area (Å²) in [6.45, 7) is 3.49. The van der Waals surface area contributed by atoms with Crippen LogP contribution in [0, 0.1) is 0 Å². The molecule has 0 aliphatic carbocycles. The fraction of sp³-hybridized carbons (Fsp3) is 0.636. The Hall–Kier alpha value is -1.96. The molecule has 8 nitrogen and oxygen atoms in total. The average molecular weight is 270 g/mol. The third kappa shape index (κ3) is 5.47. The Kier molecular flexibility index (Phi) is 5.94. The van der Waals surface area contributed by atoms with Crippen LogP contribution in [-0.2, 0) is 20.7 Å². The predicted molar refractivity (Wildman–Crippen MR) is 65.1 cm³/mol. The smallest absolute Gasteiger partial charge is 0.248 e. The SMILES string of the molecule is COCCc1noc([C@@H](C)NC(=O)CNC(C)=O)n1. The fourth-order valence-corrected chi connectivity index (χ4v) is 1.30. The van der Waals surface area contributed by atoms with Crippen LogP contribution >= 0.6 is 0 Å². The molecule has 0 aliphatic rings. The van der Waals surface area contributed by atoms with Gasteiger partial charge in [-0.25, -0.2) is 0 Å². The molecule has 0 saturated carbocycles. The third-order valence-corrected chi connectivity index (χ3v) is 2.26. The first-order valence-corrected chi connectivity index (χ1v) is 5.88. The van der Waals surface area contributed by atoms with Gasteiger partial charge in [-0.15, -0.1) is 0 Å². The van der Waals surface area contributed by atoms with Crippen LogP contribution in [0.2, 0.25) is 0 Å². The van der Waals surface area contributed by atoms with Gasteiger partial charge >= 0.3 is 0 Å². The van der Waals surface area contributed by atoms with Crippen LogP contribution in [0.25, 0.3) is 0 Å². The number of rotatable bonds is 7. The monoisotopic (exact) mass is 270 g/mol. The molecule has 0 spiro atoms. The fourth-order valence-electron chi connectivity index (χ4n) is 1.30. The first-order valence-electron chi connectivity index (χ1n) is 5.88. The molecule has 19 heavy (non-hydrogen) atoms. The van der Waals surface area contributed by atoms with Gasteiger partial charge in [0.15, 0.2) is 5.82 Å². The largest absolute Gasteiger partial charge is 0.384 e. The van der Waals surface area contributed by atoms with E-state index in [1.54, 1.807) is 14.0 Å². The highest BCUT2D eigenvalue weighted by Gasteiger charge is 2.16. The van der Waals surface area contributed by atoms with Crippen LogP contribution in [-0.4, -0.2) is 42.2 Å². The summed E-state index contributed by atoms with van der Waals surface area (Å²) in [7, 11) is 1.59. The van der Waals surface area contributed by atoms with E-state index in [9.17, 15) is 9.59 Å². The van der Waals surface area contributed by atoms with Crippen molar-refractivity contribution in [3.05, 3.63) is 11.7 Å². The highest BCUT2D eigenvalue weighted by molar-refractivity contribution is 5.83. The summed E-state index contributed by atoms with van der Waals surface area (Å²) in [4.78, 5) is 26.3. The van der Waals surface area contributed by atoms with E-state index in [2.05, 4.69) is 20.8 Å². The Morgan fingerprint density at radius 2 is 2.21 bits per heavy atom. The van der Waals surface area contributed by atoms with Gasteiger partial charge in [-0.05, 0) is 6.92 Å². The normalized spacial score (nSPS) is 11.9. The van der Waals surface area contributed by atoms with Crippen molar-refractivity contribution in [2.45, 2.75) is 26.3 Å². The molecule has 1 rings (SSSR count). The predicted octanol–water partition coefficient (Wildman–Crippen LogP) is -0.428. The Labute approximate surface area is 110 Å². The highest BCUT2D eigenvalue weighted by Crippen LogP contribution is 2.09. The first-order chi connectivity index (χ1) is 9.02. The van der Waals surface area contributed by atoms with E-state index < -0.39 is 6.04 Å². The summed E-state index contributed by atoms with van der Waals surface area (Å²) in [5.74, 6) is 0.267. The number of ether oxygens (including phenoxy) is 1. The number of carbonyl (C=O) groups is 2. The van der Waals surface area contributed by atoms with Crippen molar-refractivity contribution in [3.63, 3.8) is 0 Å². The maximum atomic E-state index is 11.5. The van der Waals surface area contributed by atoms with Gasteiger partial charge < -0.3 is 19.9 Å². The van der Waals surface area contributed by atoms with Gasteiger partial charge in [0.1, 0.15) is 6.04 Å². The molecule has 0 bridgehead atoms. The molecular weight excluding hydrogens is 252 g/mol. The quantitative estimate of drug-likeness (QED) is 0.696. The van der Waals surface area contributed by atoms with Gasteiger partial charge in [0.2, 0.25) is 17.7 Å². The summed E-state index contributed by atoms with van der Waals surface area (Å²) >= 11 is 0. The average Bonchev–Trinajstić information content (AvgIpc) is 2.82. The second-order valence-electron chi connectivity index (χ2n) is 3.99.